The maximum absolute atomic E-state index is 14.8. The molecule has 0 aliphatic carbocycles. The van der Waals surface area contributed by atoms with Crippen molar-refractivity contribution in [1.82, 2.24) is 14.5 Å². The van der Waals surface area contributed by atoms with Gasteiger partial charge in [-0.05, 0) is 63.2 Å². The fourth-order valence-electron chi connectivity index (χ4n) is 5.86. The monoisotopic (exact) mass is 617 g/mol. The van der Waals surface area contributed by atoms with Crippen molar-refractivity contribution in [3.8, 4) is 11.5 Å². The molecule has 3 N–H and O–H groups in total. The predicted octanol–water partition coefficient (Wildman–Crippen LogP) is 6.26. The Morgan fingerprint density at radius 2 is 1.56 bits per heavy atom. The van der Waals surface area contributed by atoms with Gasteiger partial charge >= 0.3 is 6.09 Å². The minimum atomic E-state index is -1.44. The number of nitrogens with one attached hydrogen (secondary N) is 1. The van der Waals surface area contributed by atoms with Gasteiger partial charge in [0, 0.05) is 69.1 Å². The van der Waals surface area contributed by atoms with Gasteiger partial charge in [-0.2, -0.15) is 0 Å². The lowest BCUT2D eigenvalue weighted by Crippen LogP contribution is -2.37. The van der Waals surface area contributed by atoms with Gasteiger partial charge in [-0.1, -0.05) is 6.07 Å². The van der Waals surface area contributed by atoms with Crippen LogP contribution in [-0.4, -0.2) is 63.0 Å². The van der Waals surface area contributed by atoms with Gasteiger partial charge in [0.2, 0.25) is 0 Å². The van der Waals surface area contributed by atoms with E-state index in [4.69, 9.17) is 14.2 Å². The van der Waals surface area contributed by atoms with Crippen LogP contribution in [0.15, 0.2) is 67.0 Å². The first kappa shape index (κ1) is 30.3. The molecule has 3 aromatic carbocycles. The number of carbonyl (C=O) groups is 1. The molecule has 5 aromatic rings. The Bertz CT molecular complexity index is 1970. The number of H-pyrrole nitrogens is 1. The van der Waals surface area contributed by atoms with Crippen molar-refractivity contribution >= 4 is 39.0 Å². The third-order valence-corrected chi connectivity index (χ3v) is 7.86. The summed E-state index contributed by atoms with van der Waals surface area (Å²) in [6.45, 7) is 5.22. The third kappa shape index (κ3) is 5.43. The summed E-state index contributed by atoms with van der Waals surface area (Å²) in [4.78, 5) is 17.9. The van der Waals surface area contributed by atoms with E-state index in [1.54, 1.807) is 51.2 Å². The molecule has 1 aliphatic rings. The summed E-state index contributed by atoms with van der Waals surface area (Å²) in [6, 6.07) is 13.4. The Morgan fingerprint density at radius 1 is 0.889 bits per heavy atom. The number of aliphatic hydroxyl groups excluding tert-OH is 2. The van der Waals surface area contributed by atoms with Crippen LogP contribution in [0.4, 0.5) is 13.6 Å². The van der Waals surface area contributed by atoms with E-state index in [0.717, 1.165) is 0 Å². The average molecular weight is 618 g/mol. The number of aliphatic hydroxyl groups is 2. The van der Waals surface area contributed by atoms with Crippen LogP contribution in [-0.2, 0) is 11.3 Å². The first-order valence-electron chi connectivity index (χ1n) is 14.3. The summed E-state index contributed by atoms with van der Waals surface area (Å²) in [5, 5.41) is 24.7. The van der Waals surface area contributed by atoms with E-state index >= 15 is 0 Å². The van der Waals surface area contributed by atoms with E-state index < -0.39 is 35.8 Å². The van der Waals surface area contributed by atoms with Crippen molar-refractivity contribution in [2.75, 3.05) is 14.2 Å². The zero-order valence-electron chi connectivity index (χ0n) is 25.4. The van der Waals surface area contributed by atoms with Crippen molar-refractivity contribution in [2.24, 2.45) is 0 Å². The zero-order valence-corrected chi connectivity index (χ0v) is 25.4. The number of benzene rings is 3. The van der Waals surface area contributed by atoms with Gasteiger partial charge in [-0.15, -0.1) is 0 Å². The van der Waals surface area contributed by atoms with E-state index in [1.165, 1.54) is 60.2 Å². The molecule has 0 radical (unpaired) electrons. The number of halogens is 2. The van der Waals surface area contributed by atoms with Crippen LogP contribution in [0.5, 0.6) is 11.5 Å². The SMILES string of the molecule is COc1ccc(CN2C(O)C(c3c[nH]c4ccc(F)cc34)=C(c3cn(C(=O)OC(C)(C)C)c4ccc(F)cc34)C2O)c(OC)c1. The van der Waals surface area contributed by atoms with E-state index in [2.05, 4.69) is 4.98 Å². The Morgan fingerprint density at radius 3 is 2.22 bits per heavy atom. The van der Waals surface area contributed by atoms with Crippen LogP contribution in [0.1, 0.15) is 37.5 Å². The molecule has 234 valence electrons. The largest absolute Gasteiger partial charge is 0.497 e. The fraction of sp³-hybridized carbons (Fsp3) is 0.265. The third-order valence-electron chi connectivity index (χ3n) is 7.86. The predicted molar refractivity (Wildman–Crippen MR) is 166 cm³/mol. The molecule has 0 saturated heterocycles. The minimum Gasteiger partial charge on any atom is -0.497 e. The summed E-state index contributed by atoms with van der Waals surface area (Å²) in [5.41, 5.74) is 1.99. The molecule has 0 spiro atoms. The van der Waals surface area contributed by atoms with Crippen molar-refractivity contribution in [3.05, 3.63) is 95.3 Å². The molecule has 1 aliphatic heterocycles. The van der Waals surface area contributed by atoms with Gasteiger partial charge in [0.15, 0.2) is 0 Å². The lowest BCUT2D eigenvalue weighted by molar-refractivity contribution is -0.0392. The Kier molecular flexibility index (Phi) is 7.64. The molecule has 0 amide bonds. The molecule has 0 saturated carbocycles. The van der Waals surface area contributed by atoms with Crippen molar-refractivity contribution in [1.29, 1.82) is 0 Å². The van der Waals surface area contributed by atoms with Gasteiger partial charge in [0.05, 0.1) is 19.7 Å². The summed E-state index contributed by atoms with van der Waals surface area (Å²) in [7, 11) is 3.04. The van der Waals surface area contributed by atoms with Gasteiger partial charge < -0.3 is 29.4 Å². The first-order valence-corrected chi connectivity index (χ1v) is 14.3. The van der Waals surface area contributed by atoms with Crippen LogP contribution in [0, 0.1) is 11.6 Å². The molecule has 11 heteroatoms. The maximum Gasteiger partial charge on any atom is 0.419 e. The molecule has 0 bridgehead atoms. The number of fused-ring (bicyclic) bond motifs is 2. The van der Waals surface area contributed by atoms with Gasteiger partial charge in [-0.3, -0.25) is 4.57 Å². The topological polar surface area (TPSA) is 109 Å². The maximum atomic E-state index is 14.8. The molecule has 0 fully saturated rings. The highest BCUT2D eigenvalue weighted by Crippen LogP contribution is 2.46. The quantitative estimate of drug-likeness (QED) is 0.206. The van der Waals surface area contributed by atoms with Crippen LogP contribution < -0.4 is 9.47 Å². The van der Waals surface area contributed by atoms with E-state index in [0.29, 0.717) is 50.0 Å². The Hall–Kier alpha value is -4.71. The number of aromatic amines is 1. The molecule has 45 heavy (non-hydrogen) atoms. The summed E-state index contributed by atoms with van der Waals surface area (Å²) in [5.74, 6) is -0.00578. The van der Waals surface area contributed by atoms with Crippen molar-refractivity contribution in [3.63, 3.8) is 0 Å². The summed E-state index contributed by atoms with van der Waals surface area (Å²) >= 11 is 0. The van der Waals surface area contributed by atoms with Crippen molar-refractivity contribution < 1.29 is 38.0 Å². The van der Waals surface area contributed by atoms with Crippen LogP contribution in [0.3, 0.4) is 0 Å². The lowest BCUT2D eigenvalue weighted by Gasteiger charge is -2.27. The summed E-state index contributed by atoms with van der Waals surface area (Å²) in [6.07, 6.45) is -0.454. The Labute approximate surface area is 257 Å². The molecule has 2 aromatic heterocycles. The highest BCUT2D eigenvalue weighted by molar-refractivity contribution is 6.09. The standard InChI is InChI=1S/C34H33F2N3O6/c1-34(2,3)45-33(42)38-17-25(23-13-20(36)8-11-27(23)38)30-29(24-15-37-26-10-7-19(35)12-22(24)26)31(40)39(32(30)41)16-18-6-9-21(43-4)14-28(18)44-5/h6-15,17,31-32,37,40-41H,16H2,1-5H3. The van der Waals surface area contributed by atoms with Crippen LogP contribution in [0.25, 0.3) is 33.0 Å². The highest BCUT2D eigenvalue weighted by atomic mass is 19.1. The van der Waals surface area contributed by atoms with E-state index in [9.17, 15) is 23.8 Å². The second-order valence-corrected chi connectivity index (χ2v) is 11.9. The lowest BCUT2D eigenvalue weighted by atomic mass is 9.95. The van der Waals surface area contributed by atoms with E-state index in [-0.39, 0.29) is 17.7 Å². The number of ether oxygens (including phenoxy) is 3. The van der Waals surface area contributed by atoms with Gasteiger partial charge in [0.25, 0.3) is 0 Å². The van der Waals surface area contributed by atoms with Crippen LogP contribution >= 0.6 is 0 Å². The minimum absolute atomic E-state index is 0.0261. The second-order valence-electron chi connectivity index (χ2n) is 11.9. The number of hydrogen-bond acceptors (Lipinski definition) is 7. The highest BCUT2D eigenvalue weighted by Gasteiger charge is 2.42. The number of rotatable bonds is 6. The fourth-order valence-corrected chi connectivity index (χ4v) is 5.86. The molecule has 6 rings (SSSR count). The first-order chi connectivity index (χ1) is 21.4. The van der Waals surface area contributed by atoms with E-state index in [1.807, 2.05) is 0 Å². The number of carbonyl (C=O) groups excluding carboxylic acids is 1. The zero-order chi connectivity index (χ0) is 32.2. The van der Waals surface area contributed by atoms with Gasteiger partial charge in [-0.25, -0.2) is 18.5 Å². The average Bonchev–Trinajstić information content (AvgIpc) is 3.64. The Balaban J connectivity index is 1.57. The normalized spacial score (nSPS) is 17.4. The van der Waals surface area contributed by atoms with Crippen molar-refractivity contribution in [2.45, 2.75) is 45.4 Å². The molecule has 2 atom stereocenters. The number of aromatic nitrogens is 2. The molecule has 3 heterocycles. The van der Waals surface area contributed by atoms with Gasteiger partial charge in [0.1, 0.15) is 41.2 Å². The number of methoxy groups -OCH3 is 2. The molecule has 9 nitrogen and oxygen atoms in total. The molecule has 2 unspecified atom stereocenters. The molecular formula is C34H33F2N3O6. The second kappa shape index (κ2) is 11.3. The molecular weight excluding hydrogens is 584 g/mol. The number of hydrogen-bond donors (Lipinski definition) is 3. The van der Waals surface area contributed by atoms with Crippen LogP contribution in [0.2, 0.25) is 0 Å². The number of nitrogens with zero attached hydrogens (tertiary/aromatic N) is 2. The smallest absolute Gasteiger partial charge is 0.419 e. The summed E-state index contributed by atoms with van der Waals surface area (Å²) < 4.78 is 47.0.